The molecule has 2 saturated heterocycles. The van der Waals surface area contributed by atoms with Crippen molar-refractivity contribution in [3.63, 3.8) is 0 Å². The van der Waals surface area contributed by atoms with Crippen LogP contribution in [0.2, 0.25) is 0 Å². The molecular weight excluding hydrogens is 252 g/mol. The number of nitrogens with zero attached hydrogens (tertiary/aromatic N) is 2. The molecule has 0 bridgehead atoms. The Morgan fingerprint density at radius 1 is 0.950 bits per heavy atom. The van der Waals surface area contributed by atoms with Gasteiger partial charge < -0.3 is 14.7 Å². The number of morpholine rings is 1. The van der Waals surface area contributed by atoms with Gasteiger partial charge in [0, 0.05) is 37.8 Å². The van der Waals surface area contributed by atoms with E-state index < -0.39 is 0 Å². The fraction of sp³-hybridized carbons (Fsp3) is 1.00. The summed E-state index contributed by atoms with van der Waals surface area (Å²) in [4.78, 5) is 5.29. The lowest BCUT2D eigenvalue weighted by atomic mass is 9.78. The van der Waals surface area contributed by atoms with Gasteiger partial charge in [-0.05, 0) is 45.4 Å². The van der Waals surface area contributed by atoms with E-state index in [0.717, 1.165) is 58.3 Å². The number of aliphatic hydroxyl groups is 1. The summed E-state index contributed by atoms with van der Waals surface area (Å²) in [7, 11) is 0. The van der Waals surface area contributed by atoms with E-state index in [1.165, 1.54) is 25.7 Å². The lowest BCUT2D eigenvalue weighted by Crippen LogP contribution is -2.55. The van der Waals surface area contributed by atoms with Gasteiger partial charge in [-0.1, -0.05) is 0 Å². The molecule has 20 heavy (non-hydrogen) atoms. The molecule has 2 heterocycles. The number of hydrogen-bond donors (Lipinski definition) is 1. The zero-order valence-electron chi connectivity index (χ0n) is 12.9. The van der Waals surface area contributed by atoms with Crippen LogP contribution in [0, 0.1) is 0 Å². The summed E-state index contributed by atoms with van der Waals surface area (Å²) in [5.74, 6) is 0. The van der Waals surface area contributed by atoms with Gasteiger partial charge >= 0.3 is 0 Å². The van der Waals surface area contributed by atoms with E-state index in [0.29, 0.717) is 5.54 Å². The van der Waals surface area contributed by atoms with Gasteiger partial charge in [0.05, 0.1) is 19.3 Å². The molecule has 3 fully saturated rings. The van der Waals surface area contributed by atoms with Gasteiger partial charge in [-0.15, -0.1) is 0 Å². The average molecular weight is 282 g/mol. The van der Waals surface area contributed by atoms with Crippen molar-refractivity contribution >= 4 is 0 Å². The second-order valence-electron chi connectivity index (χ2n) is 7.09. The third-order valence-corrected chi connectivity index (χ3v) is 5.82. The van der Waals surface area contributed by atoms with E-state index in [9.17, 15) is 5.11 Å². The molecule has 4 heteroatoms. The minimum absolute atomic E-state index is 0.0477. The van der Waals surface area contributed by atoms with Crippen molar-refractivity contribution in [3.8, 4) is 0 Å². The standard InChI is InChI=1S/C16H30N2O2/c1-16(18-10-12-20-13-11-18)6-2-14(3-7-16)17-8-4-15(19)5-9-17/h14-15,19H,2-13H2,1H3. The summed E-state index contributed by atoms with van der Waals surface area (Å²) in [6, 6.07) is 0.761. The first-order valence-electron chi connectivity index (χ1n) is 8.42. The monoisotopic (exact) mass is 282 g/mol. The molecule has 3 aliphatic rings. The Kier molecular flexibility index (Phi) is 4.65. The van der Waals surface area contributed by atoms with Gasteiger partial charge in [0.2, 0.25) is 0 Å². The molecule has 0 amide bonds. The Labute approximate surface area is 123 Å². The fourth-order valence-corrected chi connectivity index (χ4v) is 4.26. The molecule has 1 saturated carbocycles. The van der Waals surface area contributed by atoms with Crippen LogP contribution in [0.5, 0.6) is 0 Å². The van der Waals surface area contributed by atoms with E-state index in [4.69, 9.17) is 4.74 Å². The van der Waals surface area contributed by atoms with Gasteiger partial charge in [-0.2, -0.15) is 0 Å². The molecule has 1 N–H and O–H groups in total. The van der Waals surface area contributed by atoms with Crippen LogP contribution in [0.1, 0.15) is 45.4 Å². The largest absolute Gasteiger partial charge is 0.393 e. The molecule has 0 aromatic heterocycles. The summed E-state index contributed by atoms with van der Waals surface area (Å²) in [5.41, 5.74) is 0.398. The lowest BCUT2D eigenvalue weighted by molar-refractivity contribution is -0.0428. The SMILES string of the molecule is CC1(N2CCOCC2)CCC(N2CCC(O)CC2)CC1. The maximum atomic E-state index is 9.63. The van der Waals surface area contributed by atoms with Crippen LogP contribution in [0.25, 0.3) is 0 Å². The van der Waals surface area contributed by atoms with E-state index >= 15 is 0 Å². The number of hydrogen-bond acceptors (Lipinski definition) is 4. The van der Waals surface area contributed by atoms with Crippen molar-refractivity contribution in [1.29, 1.82) is 0 Å². The van der Waals surface area contributed by atoms with Crippen molar-refractivity contribution < 1.29 is 9.84 Å². The van der Waals surface area contributed by atoms with E-state index in [2.05, 4.69) is 16.7 Å². The molecule has 0 atom stereocenters. The molecule has 116 valence electrons. The highest BCUT2D eigenvalue weighted by molar-refractivity contribution is 4.95. The van der Waals surface area contributed by atoms with E-state index in [1.54, 1.807) is 0 Å². The summed E-state index contributed by atoms with van der Waals surface area (Å²) >= 11 is 0. The number of likely N-dealkylation sites (tertiary alicyclic amines) is 1. The molecule has 4 nitrogen and oxygen atoms in total. The minimum atomic E-state index is -0.0477. The quantitative estimate of drug-likeness (QED) is 0.832. The zero-order valence-corrected chi connectivity index (χ0v) is 12.9. The van der Waals surface area contributed by atoms with Crippen LogP contribution in [-0.2, 0) is 4.74 Å². The number of aliphatic hydroxyl groups excluding tert-OH is 1. The van der Waals surface area contributed by atoms with Crippen molar-refractivity contribution in [2.45, 2.75) is 63.1 Å². The Balaban J connectivity index is 1.51. The molecule has 0 radical (unpaired) electrons. The second-order valence-corrected chi connectivity index (χ2v) is 7.09. The summed E-state index contributed by atoms with van der Waals surface area (Å²) in [6.07, 6.45) is 7.17. The predicted octanol–water partition coefficient (Wildman–Crippen LogP) is 1.48. The first kappa shape index (κ1) is 14.8. The molecule has 0 aromatic rings. The maximum absolute atomic E-state index is 9.63. The molecule has 3 rings (SSSR count). The molecule has 1 aliphatic carbocycles. The first-order valence-corrected chi connectivity index (χ1v) is 8.42. The molecule has 0 spiro atoms. The number of ether oxygens (including phenoxy) is 1. The highest BCUT2D eigenvalue weighted by Crippen LogP contribution is 2.36. The minimum Gasteiger partial charge on any atom is -0.393 e. The number of rotatable bonds is 2. The van der Waals surface area contributed by atoms with Gasteiger partial charge in [-0.3, -0.25) is 4.90 Å². The van der Waals surface area contributed by atoms with E-state index in [-0.39, 0.29) is 6.10 Å². The summed E-state index contributed by atoms with van der Waals surface area (Å²) < 4.78 is 5.49. The normalized spacial score (nSPS) is 39.0. The predicted molar refractivity (Wildman–Crippen MR) is 79.9 cm³/mol. The summed E-state index contributed by atoms with van der Waals surface area (Å²) in [5, 5.41) is 9.63. The topological polar surface area (TPSA) is 35.9 Å². The second kappa shape index (κ2) is 6.30. The maximum Gasteiger partial charge on any atom is 0.0594 e. The van der Waals surface area contributed by atoms with Crippen LogP contribution in [-0.4, -0.2) is 72.0 Å². The Morgan fingerprint density at radius 3 is 2.15 bits per heavy atom. The van der Waals surface area contributed by atoms with Crippen LogP contribution >= 0.6 is 0 Å². The molecule has 0 aromatic carbocycles. The van der Waals surface area contributed by atoms with Crippen LogP contribution in [0.3, 0.4) is 0 Å². The third-order valence-electron chi connectivity index (χ3n) is 5.82. The third kappa shape index (κ3) is 3.19. The first-order chi connectivity index (χ1) is 9.67. The summed E-state index contributed by atoms with van der Waals surface area (Å²) in [6.45, 7) is 8.68. The Morgan fingerprint density at radius 2 is 1.55 bits per heavy atom. The van der Waals surface area contributed by atoms with Gasteiger partial charge in [0.15, 0.2) is 0 Å². The van der Waals surface area contributed by atoms with Crippen molar-refractivity contribution in [2.24, 2.45) is 0 Å². The van der Waals surface area contributed by atoms with Crippen LogP contribution < -0.4 is 0 Å². The van der Waals surface area contributed by atoms with Gasteiger partial charge in [0.1, 0.15) is 0 Å². The number of piperidine rings is 1. The van der Waals surface area contributed by atoms with Crippen molar-refractivity contribution in [1.82, 2.24) is 9.80 Å². The lowest BCUT2D eigenvalue weighted by Gasteiger charge is -2.49. The molecular formula is C16H30N2O2. The Hall–Kier alpha value is -0.160. The molecule has 2 aliphatic heterocycles. The van der Waals surface area contributed by atoms with Gasteiger partial charge in [-0.25, -0.2) is 0 Å². The Bertz CT molecular complexity index is 302. The van der Waals surface area contributed by atoms with Crippen LogP contribution in [0.4, 0.5) is 0 Å². The molecule has 0 unspecified atom stereocenters. The highest BCUT2D eigenvalue weighted by atomic mass is 16.5. The zero-order chi connectivity index (χ0) is 14.0. The fourth-order valence-electron chi connectivity index (χ4n) is 4.26. The van der Waals surface area contributed by atoms with Crippen LogP contribution in [0.15, 0.2) is 0 Å². The highest BCUT2D eigenvalue weighted by Gasteiger charge is 2.38. The van der Waals surface area contributed by atoms with Gasteiger partial charge in [0.25, 0.3) is 0 Å². The van der Waals surface area contributed by atoms with Crippen molar-refractivity contribution in [2.75, 3.05) is 39.4 Å². The smallest absolute Gasteiger partial charge is 0.0594 e. The van der Waals surface area contributed by atoms with Crippen molar-refractivity contribution in [3.05, 3.63) is 0 Å². The average Bonchev–Trinajstić information content (AvgIpc) is 2.50. The van der Waals surface area contributed by atoms with E-state index in [1.807, 2.05) is 0 Å².